The number of methoxy groups -OCH3 is 1. The Morgan fingerprint density at radius 1 is 1.64 bits per heavy atom. The molecule has 1 saturated carbocycles. The molecular formula is C10H18ClNO2. The van der Waals surface area contributed by atoms with Gasteiger partial charge in [0.15, 0.2) is 0 Å². The number of hydrogen-bond donors (Lipinski definition) is 1. The quantitative estimate of drug-likeness (QED) is 0.689. The fourth-order valence-electron chi connectivity index (χ4n) is 1.57. The maximum atomic E-state index is 11.5. The summed E-state index contributed by atoms with van der Waals surface area (Å²) in [6.45, 7) is 0.486. The van der Waals surface area contributed by atoms with Crippen molar-refractivity contribution < 1.29 is 9.53 Å². The molecule has 1 aliphatic carbocycles. The predicted molar refractivity (Wildman–Crippen MR) is 56.5 cm³/mol. The van der Waals surface area contributed by atoms with E-state index in [9.17, 15) is 4.79 Å². The molecule has 14 heavy (non-hydrogen) atoms. The monoisotopic (exact) mass is 219 g/mol. The third kappa shape index (κ3) is 3.84. The number of alkyl halides is 1. The van der Waals surface area contributed by atoms with Gasteiger partial charge in [0.2, 0.25) is 5.91 Å². The van der Waals surface area contributed by atoms with E-state index in [1.165, 1.54) is 19.3 Å². The number of hydrogen-bond acceptors (Lipinski definition) is 2. The number of carbonyl (C=O) groups excluding carboxylic acids is 1. The summed E-state index contributed by atoms with van der Waals surface area (Å²) in [5, 5.41) is 2.87. The largest absolute Gasteiger partial charge is 0.383 e. The minimum Gasteiger partial charge on any atom is -0.383 e. The molecule has 0 heterocycles. The minimum absolute atomic E-state index is 0.0470. The van der Waals surface area contributed by atoms with Gasteiger partial charge in [-0.2, -0.15) is 0 Å². The molecule has 0 aromatic rings. The lowest BCUT2D eigenvalue weighted by molar-refractivity contribution is -0.123. The number of rotatable bonds is 6. The van der Waals surface area contributed by atoms with Crippen LogP contribution in [0.3, 0.4) is 0 Å². The van der Waals surface area contributed by atoms with Crippen LogP contribution in [0, 0.1) is 5.92 Å². The van der Waals surface area contributed by atoms with Crippen molar-refractivity contribution in [2.24, 2.45) is 5.92 Å². The van der Waals surface area contributed by atoms with Crippen LogP contribution in [0.4, 0.5) is 0 Å². The molecule has 1 rings (SSSR count). The molecule has 0 radical (unpaired) electrons. The Kier molecular flexibility index (Phi) is 5.26. The Labute approximate surface area is 90.1 Å². The third-order valence-electron chi connectivity index (χ3n) is 2.62. The topological polar surface area (TPSA) is 38.3 Å². The van der Waals surface area contributed by atoms with Crippen molar-refractivity contribution in [1.82, 2.24) is 5.32 Å². The number of carbonyl (C=O) groups is 1. The lowest BCUT2D eigenvalue weighted by Gasteiger charge is -2.25. The summed E-state index contributed by atoms with van der Waals surface area (Å²) in [6.07, 6.45) is 4.32. The van der Waals surface area contributed by atoms with E-state index < -0.39 is 0 Å². The van der Waals surface area contributed by atoms with Crippen molar-refractivity contribution in [3.05, 3.63) is 0 Å². The molecule has 1 atom stereocenters. The predicted octanol–water partition coefficient (Wildman–Crippen LogP) is 1.55. The van der Waals surface area contributed by atoms with Crippen molar-refractivity contribution in [2.75, 3.05) is 19.6 Å². The molecule has 0 bridgehead atoms. The highest BCUT2D eigenvalue weighted by Crippen LogP contribution is 2.29. The first-order valence-corrected chi connectivity index (χ1v) is 5.64. The van der Waals surface area contributed by atoms with Crippen LogP contribution in [0.2, 0.25) is 0 Å². The van der Waals surface area contributed by atoms with Crippen molar-refractivity contribution >= 4 is 17.5 Å². The number of ether oxygens (including phenoxy) is 1. The molecule has 0 aromatic heterocycles. The fourth-order valence-corrected chi connectivity index (χ4v) is 1.74. The van der Waals surface area contributed by atoms with E-state index in [4.69, 9.17) is 16.3 Å². The van der Waals surface area contributed by atoms with Crippen molar-refractivity contribution in [3.8, 4) is 0 Å². The van der Waals surface area contributed by atoms with Gasteiger partial charge in [0.05, 0.1) is 12.6 Å². The molecule has 0 saturated heterocycles. The molecule has 0 spiro atoms. The second kappa shape index (κ2) is 6.25. The molecule has 1 unspecified atom stereocenters. The summed E-state index contributed by atoms with van der Waals surface area (Å²) >= 11 is 5.68. The summed E-state index contributed by atoms with van der Waals surface area (Å²) in [5.74, 6) is 1.12. The summed E-state index contributed by atoms with van der Waals surface area (Å²) < 4.78 is 4.94. The third-order valence-corrected chi connectivity index (χ3v) is 2.99. The van der Waals surface area contributed by atoms with Crippen molar-refractivity contribution in [3.63, 3.8) is 0 Å². The number of halogens is 1. The number of amides is 1. The van der Waals surface area contributed by atoms with E-state index in [1.54, 1.807) is 7.11 Å². The molecule has 0 aliphatic heterocycles. The van der Waals surface area contributed by atoms with Crippen LogP contribution in [-0.4, -0.2) is 31.5 Å². The summed E-state index contributed by atoms with van der Waals surface area (Å²) in [4.78, 5) is 11.5. The van der Waals surface area contributed by atoms with Crippen molar-refractivity contribution in [1.29, 1.82) is 0 Å². The first kappa shape index (κ1) is 11.8. The molecule has 3 nitrogen and oxygen atoms in total. The van der Waals surface area contributed by atoms with E-state index >= 15 is 0 Å². The van der Waals surface area contributed by atoms with E-state index in [2.05, 4.69) is 5.32 Å². The van der Waals surface area contributed by atoms with Crippen molar-refractivity contribution in [2.45, 2.75) is 31.7 Å². The van der Waals surface area contributed by atoms with Gasteiger partial charge in [-0.1, -0.05) is 6.42 Å². The van der Waals surface area contributed by atoms with Gasteiger partial charge >= 0.3 is 0 Å². The van der Waals surface area contributed by atoms with E-state index in [0.717, 1.165) is 0 Å². The van der Waals surface area contributed by atoms with Crippen LogP contribution in [0.1, 0.15) is 25.7 Å². The first-order chi connectivity index (χ1) is 6.76. The zero-order valence-corrected chi connectivity index (χ0v) is 9.35. The molecule has 1 N–H and O–H groups in total. The van der Waals surface area contributed by atoms with Gasteiger partial charge in [-0.15, -0.1) is 11.6 Å². The maximum Gasteiger partial charge on any atom is 0.220 e. The first-order valence-electron chi connectivity index (χ1n) is 5.10. The Hall–Kier alpha value is -0.280. The van der Waals surface area contributed by atoms with Crippen LogP contribution in [-0.2, 0) is 9.53 Å². The van der Waals surface area contributed by atoms with Gasteiger partial charge in [0.25, 0.3) is 0 Å². The van der Waals surface area contributed by atoms with E-state index in [-0.39, 0.29) is 11.9 Å². The second-order valence-electron chi connectivity index (χ2n) is 3.88. The number of nitrogens with one attached hydrogen (secondary N) is 1. The highest BCUT2D eigenvalue weighted by atomic mass is 35.5. The average molecular weight is 220 g/mol. The molecule has 4 heteroatoms. The SMILES string of the molecule is COCC(CCl)NC(=O)CC1CCC1. The Morgan fingerprint density at radius 3 is 2.79 bits per heavy atom. The summed E-state index contributed by atoms with van der Waals surface area (Å²) in [7, 11) is 1.61. The van der Waals surface area contributed by atoms with Gasteiger partial charge in [-0.3, -0.25) is 4.79 Å². The lowest BCUT2D eigenvalue weighted by Crippen LogP contribution is -2.40. The zero-order valence-electron chi connectivity index (χ0n) is 8.59. The standard InChI is InChI=1S/C10H18ClNO2/c1-14-7-9(6-11)12-10(13)5-8-3-2-4-8/h8-9H,2-7H2,1H3,(H,12,13). The lowest BCUT2D eigenvalue weighted by atomic mass is 9.83. The van der Waals surface area contributed by atoms with Gasteiger partial charge < -0.3 is 10.1 Å². The van der Waals surface area contributed by atoms with E-state index in [0.29, 0.717) is 24.8 Å². The van der Waals surface area contributed by atoms with Crippen LogP contribution in [0.5, 0.6) is 0 Å². The Balaban J connectivity index is 2.15. The highest BCUT2D eigenvalue weighted by Gasteiger charge is 2.21. The second-order valence-corrected chi connectivity index (χ2v) is 4.18. The smallest absolute Gasteiger partial charge is 0.220 e. The molecule has 82 valence electrons. The molecule has 1 amide bonds. The van der Waals surface area contributed by atoms with Crippen LogP contribution < -0.4 is 5.32 Å². The molecule has 1 fully saturated rings. The maximum absolute atomic E-state index is 11.5. The van der Waals surface area contributed by atoms with Gasteiger partial charge in [-0.25, -0.2) is 0 Å². The summed E-state index contributed by atoms with van der Waals surface area (Å²) in [6, 6.07) is -0.0470. The molecule has 0 aromatic carbocycles. The normalized spacial score (nSPS) is 18.7. The molecule has 1 aliphatic rings. The van der Waals surface area contributed by atoms with Crippen LogP contribution in [0.25, 0.3) is 0 Å². The minimum atomic E-state index is -0.0470. The average Bonchev–Trinajstić information content (AvgIpc) is 2.11. The zero-order chi connectivity index (χ0) is 10.4. The summed E-state index contributed by atoms with van der Waals surface area (Å²) in [5.41, 5.74) is 0. The van der Waals surface area contributed by atoms with Crippen LogP contribution >= 0.6 is 11.6 Å². The Bertz CT molecular complexity index is 183. The van der Waals surface area contributed by atoms with Crippen LogP contribution in [0.15, 0.2) is 0 Å². The van der Waals surface area contributed by atoms with E-state index in [1.807, 2.05) is 0 Å². The fraction of sp³-hybridized carbons (Fsp3) is 0.900. The van der Waals surface area contributed by atoms with Gasteiger partial charge in [-0.05, 0) is 18.8 Å². The molecular weight excluding hydrogens is 202 g/mol. The Morgan fingerprint density at radius 2 is 2.36 bits per heavy atom. The van der Waals surface area contributed by atoms with Gasteiger partial charge in [0, 0.05) is 19.4 Å². The highest BCUT2D eigenvalue weighted by molar-refractivity contribution is 6.18. The van der Waals surface area contributed by atoms with Gasteiger partial charge in [0.1, 0.15) is 0 Å².